The predicted octanol–water partition coefficient (Wildman–Crippen LogP) is 3.75. The number of pyridine rings is 1. The zero-order chi connectivity index (χ0) is 20.7. The smallest absolute Gasteiger partial charge is 0.221 e. The fourth-order valence-electron chi connectivity index (χ4n) is 3.43. The Kier molecular flexibility index (Phi) is 4.46. The van der Waals surface area contributed by atoms with E-state index in [4.69, 9.17) is 10.7 Å². The highest BCUT2D eigenvalue weighted by molar-refractivity contribution is 5.68. The van der Waals surface area contributed by atoms with Crippen molar-refractivity contribution in [2.75, 3.05) is 5.73 Å². The second kappa shape index (κ2) is 7.29. The molecule has 1 aliphatic carbocycles. The van der Waals surface area contributed by atoms with Gasteiger partial charge in [-0.15, -0.1) is 5.10 Å². The van der Waals surface area contributed by atoms with E-state index >= 15 is 0 Å². The first-order chi connectivity index (χ1) is 14.6. The molecule has 0 spiro atoms. The Hall–Kier alpha value is -3.68. The third-order valence-corrected chi connectivity index (χ3v) is 5.16. The lowest BCUT2D eigenvalue weighted by atomic mass is 10.1. The molecule has 0 atom stereocenters. The Morgan fingerprint density at radius 1 is 1.03 bits per heavy atom. The number of anilines is 1. The van der Waals surface area contributed by atoms with Crippen molar-refractivity contribution in [1.29, 1.82) is 0 Å². The molecule has 3 heterocycles. The number of hydrogen-bond donors (Lipinski definition) is 1. The van der Waals surface area contributed by atoms with Crippen LogP contribution in [0.5, 0.6) is 0 Å². The van der Waals surface area contributed by atoms with Gasteiger partial charge in [-0.3, -0.25) is 4.98 Å². The molecule has 7 nitrogen and oxygen atoms in total. The van der Waals surface area contributed by atoms with Crippen molar-refractivity contribution < 1.29 is 4.39 Å². The van der Waals surface area contributed by atoms with E-state index in [9.17, 15) is 4.39 Å². The number of halogens is 1. The number of nitrogens with zero attached hydrogens (tertiary/aromatic N) is 6. The van der Waals surface area contributed by atoms with Gasteiger partial charge in [0.25, 0.3) is 0 Å². The van der Waals surface area contributed by atoms with Crippen LogP contribution in [-0.4, -0.2) is 29.9 Å². The third-order valence-electron chi connectivity index (χ3n) is 5.16. The van der Waals surface area contributed by atoms with Gasteiger partial charge in [0.15, 0.2) is 0 Å². The van der Waals surface area contributed by atoms with Crippen molar-refractivity contribution >= 4 is 5.95 Å². The van der Waals surface area contributed by atoms with Crippen LogP contribution in [0, 0.1) is 12.7 Å². The van der Waals surface area contributed by atoms with Gasteiger partial charge < -0.3 is 5.73 Å². The summed E-state index contributed by atoms with van der Waals surface area (Å²) in [5.41, 5.74) is 10.3. The molecule has 0 unspecified atom stereocenters. The lowest BCUT2D eigenvalue weighted by Gasteiger charge is -2.07. The molecule has 0 aliphatic heterocycles. The van der Waals surface area contributed by atoms with Crippen LogP contribution in [0.25, 0.3) is 22.6 Å². The quantitative estimate of drug-likeness (QED) is 0.547. The highest BCUT2D eigenvalue weighted by atomic mass is 19.1. The molecule has 3 aromatic heterocycles. The predicted molar refractivity (Wildman–Crippen MR) is 111 cm³/mol. The number of hydrogen-bond acceptors (Lipinski definition) is 6. The molecule has 0 radical (unpaired) electrons. The molecule has 1 saturated carbocycles. The van der Waals surface area contributed by atoms with Gasteiger partial charge >= 0.3 is 0 Å². The minimum atomic E-state index is -0.327. The molecule has 1 aromatic carbocycles. The Labute approximate surface area is 172 Å². The molecule has 2 N–H and O–H groups in total. The van der Waals surface area contributed by atoms with Gasteiger partial charge in [0.1, 0.15) is 11.5 Å². The number of benzene rings is 1. The monoisotopic (exact) mass is 401 g/mol. The van der Waals surface area contributed by atoms with Gasteiger partial charge in [-0.2, -0.15) is 0 Å². The van der Waals surface area contributed by atoms with Crippen LogP contribution < -0.4 is 5.73 Å². The Morgan fingerprint density at radius 3 is 2.67 bits per heavy atom. The number of nitrogens with two attached hydrogens (primary N) is 1. The summed E-state index contributed by atoms with van der Waals surface area (Å²) in [5.74, 6) is 0.323. The summed E-state index contributed by atoms with van der Waals surface area (Å²) >= 11 is 0. The maximum absolute atomic E-state index is 14.6. The van der Waals surface area contributed by atoms with Crippen LogP contribution in [0.1, 0.15) is 35.7 Å². The first kappa shape index (κ1) is 18.4. The summed E-state index contributed by atoms with van der Waals surface area (Å²) in [6.07, 6.45) is 4.20. The molecule has 0 amide bonds. The Bertz CT molecular complexity index is 1230. The summed E-state index contributed by atoms with van der Waals surface area (Å²) in [4.78, 5) is 13.2. The summed E-state index contributed by atoms with van der Waals surface area (Å²) in [5, 5.41) is 8.41. The molecule has 150 valence electrons. The van der Waals surface area contributed by atoms with Crippen LogP contribution in [0.3, 0.4) is 0 Å². The van der Waals surface area contributed by atoms with E-state index in [1.54, 1.807) is 42.1 Å². The van der Waals surface area contributed by atoms with Crippen LogP contribution >= 0.6 is 0 Å². The van der Waals surface area contributed by atoms with E-state index < -0.39 is 0 Å². The molecule has 4 aromatic rings. The zero-order valence-electron chi connectivity index (χ0n) is 16.5. The minimum Gasteiger partial charge on any atom is -0.368 e. The highest BCUT2D eigenvalue weighted by Gasteiger charge is 2.24. The maximum atomic E-state index is 14.6. The van der Waals surface area contributed by atoms with Crippen LogP contribution in [0.4, 0.5) is 10.3 Å². The van der Waals surface area contributed by atoms with Crippen LogP contribution in [0.15, 0.2) is 48.7 Å². The number of rotatable bonds is 5. The lowest BCUT2D eigenvalue weighted by Crippen LogP contribution is -2.03. The number of nitrogen functional groups attached to an aromatic ring is 1. The van der Waals surface area contributed by atoms with Crippen molar-refractivity contribution in [1.82, 2.24) is 29.9 Å². The van der Waals surface area contributed by atoms with Gasteiger partial charge in [-0.1, -0.05) is 23.4 Å². The fourth-order valence-corrected chi connectivity index (χ4v) is 3.43. The molecule has 5 rings (SSSR count). The Balaban J connectivity index is 1.44. The molecular formula is C22H20FN7. The van der Waals surface area contributed by atoms with Crippen molar-refractivity contribution in [3.8, 4) is 22.6 Å². The average molecular weight is 401 g/mol. The van der Waals surface area contributed by atoms with E-state index in [2.05, 4.69) is 26.3 Å². The first-order valence-electron chi connectivity index (χ1n) is 9.83. The van der Waals surface area contributed by atoms with E-state index in [1.165, 1.54) is 12.8 Å². The van der Waals surface area contributed by atoms with Crippen molar-refractivity contribution in [3.05, 3.63) is 71.4 Å². The molecule has 30 heavy (non-hydrogen) atoms. The Morgan fingerprint density at radius 2 is 1.83 bits per heavy atom. The summed E-state index contributed by atoms with van der Waals surface area (Å²) in [6.45, 7) is 2.22. The highest BCUT2D eigenvalue weighted by Crippen LogP contribution is 2.38. The standard InChI is InChI=1S/C22H20FN7/c1-13-4-2-6-16(21(13)23)18-10-19(27-22(24)26-18)20-12-30(29-28-20)11-15-5-3-7-17(25-15)14-8-9-14/h2-7,10,12,14H,8-9,11H2,1H3,(H2,24,26,27). The summed E-state index contributed by atoms with van der Waals surface area (Å²) < 4.78 is 16.3. The van der Waals surface area contributed by atoms with Crippen molar-refractivity contribution in [3.63, 3.8) is 0 Å². The van der Waals surface area contributed by atoms with Gasteiger partial charge in [-0.25, -0.2) is 19.0 Å². The van der Waals surface area contributed by atoms with E-state index in [0.29, 0.717) is 40.7 Å². The average Bonchev–Trinajstić information content (AvgIpc) is 3.49. The molecule has 1 fully saturated rings. The largest absolute Gasteiger partial charge is 0.368 e. The van der Waals surface area contributed by atoms with Gasteiger partial charge in [0, 0.05) is 17.2 Å². The lowest BCUT2D eigenvalue weighted by molar-refractivity contribution is 0.621. The zero-order valence-corrected chi connectivity index (χ0v) is 16.5. The van der Waals surface area contributed by atoms with Crippen molar-refractivity contribution in [2.24, 2.45) is 0 Å². The maximum Gasteiger partial charge on any atom is 0.221 e. The summed E-state index contributed by atoms with van der Waals surface area (Å²) in [7, 11) is 0. The van der Waals surface area contributed by atoms with Gasteiger partial charge in [0.05, 0.1) is 29.8 Å². The van der Waals surface area contributed by atoms with Gasteiger partial charge in [-0.05, 0) is 49.6 Å². The number of aryl methyl sites for hydroxylation is 1. The fraction of sp³-hybridized carbons (Fsp3) is 0.227. The van der Waals surface area contributed by atoms with Crippen molar-refractivity contribution in [2.45, 2.75) is 32.2 Å². The second-order valence-corrected chi connectivity index (χ2v) is 7.56. The molecule has 0 bridgehead atoms. The third kappa shape index (κ3) is 3.63. The second-order valence-electron chi connectivity index (χ2n) is 7.56. The minimum absolute atomic E-state index is 0.0526. The molecular weight excluding hydrogens is 381 g/mol. The molecule has 8 heteroatoms. The van der Waals surface area contributed by atoms with Crippen LogP contribution in [-0.2, 0) is 6.54 Å². The molecule has 1 aliphatic rings. The molecule has 0 saturated heterocycles. The normalized spacial score (nSPS) is 13.5. The van der Waals surface area contributed by atoms with Crippen LogP contribution in [0.2, 0.25) is 0 Å². The first-order valence-corrected chi connectivity index (χ1v) is 9.83. The number of aromatic nitrogens is 6. The van der Waals surface area contributed by atoms with E-state index in [-0.39, 0.29) is 11.8 Å². The van der Waals surface area contributed by atoms with E-state index in [1.807, 2.05) is 12.1 Å². The summed E-state index contributed by atoms with van der Waals surface area (Å²) in [6, 6.07) is 12.9. The SMILES string of the molecule is Cc1cccc(-c2cc(-c3cn(Cc4cccc(C5CC5)n4)nn3)nc(N)n2)c1F. The van der Waals surface area contributed by atoms with Gasteiger partial charge in [0.2, 0.25) is 5.95 Å². The van der Waals surface area contributed by atoms with E-state index in [0.717, 1.165) is 11.4 Å². The topological polar surface area (TPSA) is 95.4 Å².